The minimum Gasteiger partial charge on any atom is -0.330 e. The Morgan fingerprint density at radius 3 is 2.60 bits per heavy atom. The third-order valence-corrected chi connectivity index (χ3v) is 2.32. The second-order valence-corrected chi connectivity index (χ2v) is 3.38. The number of nitrogens with two attached hydrogens (primary N) is 1. The lowest BCUT2D eigenvalue weighted by atomic mass is 10.1. The number of rotatable bonds is 5. The summed E-state index contributed by atoms with van der Waals surface area (Å²) in [5.41, 5.74) is 6.12. The van der Waals surface area contributed by atoms with Crippen LogP contribution in [0.4, 0.5) is 0 Å². The molecule has 10 heavy (non-hydrogen) atoms. The Hall–Kier alpha value is -0.0800. The summed E-state index contributed by atoms with van der Waals surface area (Å²) in [7, 11) is 0. The Balaban J connectivity index is 2.01. The van der Waals surface area contributed by atoms with Crippen LogP contribution < -0.4 is 11.1 Å². The number of nitrogens with one attached hydrogen (secondary N) is 1. The molecule has 0 aromatic heterocycles. The largest absolute Gasteiger partial charge is 0.330 e. The molecule has 1 rings (SSSR count). The van der Waals surface area contributed by atoms with E-state index in [1.54, 1.807) is 0 Å². The number of hydrogen-bond acceptors (Lipinski definition) is 2. The van der Waals surface area contributed by atoms with Gasteiger partial charge in [0, 0.05) is 6.54 Å². The number of hydrogen-bond donors (Lipinski definition) is 2. The first-order valence-electron chi connectivity index (χ1n) is 4.24. The van der Waals surface area contributed by atoms with E-state index >= 15 is 0 Å². The van der Waals surface area contributed by atoms with Crippen molar-refractivity contribution in [3.8, 4) is 0 Å². The van der Waals surface area contributed by atoms with Gasteiger partial charge in [0.2, 0.25) is 0 Å². The maximum absolute atomic E-state index is 5.61. The fourth-order valence-corrected chi connectivity index (χ4v) is 1.16. The third kappa shape index (κ3) is 1.96. The molecule has 0 saturated heterocycles. The summed E-state index contributed by atoms with van der Waals surface area (Å²) in [6.45, 7) is 5.33. The van der Waals surface area contributed by atoms with E-state index in [2.05, 4.69) is 12.2 Å². The molecule has 0 aromatic rings. The summed E-state index contributed by atoms with van der Waals surface area (Å²) >= 11 is 0. The van der Waals surface area contributed by atoms with Crippen molar-refractivity contribution in [1.29, 1.82) is 0 Å². The molecule has 2 heteroatoms. The van der Waals surface area contributed by atoms with Gasteiger partial charge in [-0.1, -0.05) is 6.92 Å². The minimum atomic E-state index is 0.509. The van der Waals surface area contributed by atoms with E-state index in [0.717, 1.165) is 19.6 Å². The molecule has 1 fully saturated rings. The molecule has 2 nitrogen and oxygen atoms in total. The minimum absolute atomic E-state index is 0.509. The molecule has 0 atom stereocenters. The predicted molar refractivity (Wildman–Crippen MR) is 43.9 cm³/mol. The van der Waals surface area contributed by atoms with E-state index in [1.165, 1.54) is 19.3 Å². The van der Waals surface area contributed by atoms with Crippen LogP contribution in [0.15, 0.2) is 0 Å². The summed E-state index contributed by atoms with van der Waals surface area (Å²) < 4.78 is 0. The Morgan fingerprint density at radius 2 is 2.20 bits per heavy atom. The van der Waals surface area contributed by atoms with Crippen LogP contribution in [-0.2, 0) is 0 Å². The molecule has 0 heterocycles. The van der Waals surface area contributed by atoms with Gasteiger partial charge >= 0.3 is 0 Å². The van der Waals surface area contributed by atoms with Crippen LogP contribution in [0, 0.1) is 5.41 Å². The quantitative estimate of drug-likeness (QED) is 0.555. The van der Waals surface area contributed by atoms with Gasteiger partial charge in [0.1, 0.15) is 0 Å². The van der Waals surface area contributed by atoms with Crippen LogP contribution in [0.25, 0.3) is 0 Å². The van der Waals surface area contributed by atoms with E-state index in [-0.39, 0.29) is 0 Å². The topological polar surface area (TPSA) is 38.0 Å². The molecule has 1 aliphatic carbocycles. The fourth-order valence-electron chi connectivity index (χ4n) is 1.16. The van der Waals surface area contributed by atoms with Gasteiger partial charge in [-0.2, -0.15) is 0 Å². The van der Waals surface area contributed by atoms with E-state index in [4.69, 9.17) is 5.73 Å². The van der Waals surface area contributed by atoms with Crippen molar-refractivity contribution in [3.63, 3.8) is 0 Å². The monoisotopic (exact) mass is 142 g/mol. The highest BCUT2D eigenvalue weighted by Crippen LogP contribution is 2.43. The molecular formula is C8H18N2. The second kappa shape index (κ2) is 3.35. The van der Waals surface area contributed by atoms with Gasteiger partial charge in [-0.3, -0.25) is 0 Å². The molecule has 0 aromatic carbocycles. The van der Waals surface area contributed by atoms with Crippen molar-refractivity contribution >= 4 is 0 Å². The van der Waals surface area contributed by atoms with E-state index in [1.807, 2.05) is 0 Å². The molecule has 1 saturated carbocycles. The van der Waals surface area contributed by atoms with Gasteiger partial charge in [0.25, 0.3) is 0 Å². The maximum atomic E-state index is 5.61. The normalized spacial score (nSPS) is 21.0. The SMILES string of the molecule is CCCNCC1(CN)CC1. The highest BCUT2D eigenvalue weighted by molar-refractivity contribution is 4.95. The maximum Gasteiger partial charge on any atom is 0.00199 e. The Morgan fingerprint density at radius 1 is 1.50 bits per heavy atom. The van der Waals surface area contributed by atoms with Gasteiger partial charge in [-0.05, 0) is 37.8 Å². The lowest BCUT2D eigenvalue weighted by Crippen LogP contribution is -2.29. The predicted octanol–water partition coefficient (Wildman–Crippen LogP) is 0.725. The van der Waals surface area contributed by atoms with Crippen LogP contribution in [0.3, 0.4) is 0 Å². The van der Waals surface area contributed by atoms with Gasteiger partial charge in [-0.25, -0.2) is 0 Å². The van der Waals surface area contributed by atoms with E-state index in [9.17, 15) is 0 Å². The van der Waals surface area contributed by atoms with Crippen molar-refractivity contribution in [3.05, 3.63) is 0 Å². The zero-order chi connectivity index (χ0) is 7.45. The molecule has 0 amide bonds. The molecule has 3 N–H and O–H groups in total. The zero-order valence-electron chi connectivity index (χ0n) is 6.82. The first-order valence-corrected chi connectivity index (χ1v) is 4.24. The Labute approximate surface area is 63.2 Å². The fraction of sp³-hybridized carbons (Fsp3) is 1.00. The van der Waals surface area contributed by atoms with Crippen molar-refractivity contribution in [2.24, 2.45) is 11.1 Å². The lowest BCUT2D eigenvalue weighted by Gasteiger charge is -2.11. The molecule has 60 valence electrons. The lowest BCUT2D eigenvalue weighted by molar-refractivity contribution is 0.468. The standard InChI is InChI=1S/C8H18N2/c1-2-5-10-7-8(6-9)3-4-8/h10H,2-7,9H2,1H3. The first-order chi connectivity index (χ1) is 4.83. The Kier molecular flexibility index (Phi) is 2.69. The summed E-state index contributed by atoms with van der Waals surface area (Å²) in [6, 6.07) is 0. The highest BCUT2D eigenvalue weighted by atomic mass is 14.9. The van der Waals surface area contributed by atoms with Crippen molar-refractivity contribution in [2.75, 3.05) is 19.6 Å². The van der Waals surface area contributed by atoms with Crippen LogP contribution in [0.5, 0.6) is 0 Å². The van der Waals surface area contributed by atoms with Gasteiger partial charge in [0.05, 0.1) is 0 Å². The van der Waals surface area contributed by atoms with Crippen molar-refractivity contribution < 1.29 is 0 Å². The molecule has 0 spiro atoms. The summed E-state index contributed by atoms with van der Waals surface area (Å²) in [5, 5.41) is 3.41. The first kappa shape index (κ1) is 8.02. The van der Waals surface area contributed by atoms with Crippen molar-refractivity contribution in [1.82, 2.24) is 5.32 Å². The molecular weight excluding hydrogens is 124 g/mol. The average molecular weight is 142 g/mol. The molecule has 0 bridgehead atoms. The van der Waals surface area contributed by atoms with E-state index in [0.29, 0.717) is 5.41 Å². The van der Waals surface area contributed by atoms with Crippen molar-refractivity contribution in [2.45, 2.75) is 26.2 Å². The van der Waals surface area contributed by atoms with Gasteiger partial charge in [0.15, 0.2) is 0 Å². The highest BCUT2D eigenvalue weighted by Gasteiger charge is 2.40. The molecule has 0 radical (unpaired) electrons. The third-order valence-electron chi connectivity index (χ3n) is 2.32. The summed E-state index contributed by atoms with van der Waals surface area (Å²) in [6.07, 6.45) is 3.89. The molecule has 1 aliphatic rings. The average Bonchev–Trinajstić information content (AvgIpc) is 2.70. The van der Waals surface area contributed by atoms with Crippen LogP contribution in [-0.4, -0.2) is 19.6 Å². The second-order valence-electron chi connectivity index (χ2n) is 3.38. The summed E-state index contributed by atoms with van der Waals surface area (Å²) in [5.74, 6) is 0. The van der Waals surface area contributed by atoms with Crippen LogP contribution >= 0.6 is 0 Å². The van der Waals surface area contributed by atoms with Gasteiger partial charge in [-0.15, -0.1) is 0 Å². The Bertz CT molecular complexity index is 97.4. The molecule has 0 unspecified atom stereocenters. The van der Waals surface area contributed by atoms with Gasteiger partial charge < -0.3 is 11.1 Å². The zero-order valence-corrected chi connectivity index (χ0v) is 6.82. The summed E-state index contributed by atoms with van der Waals surface area (Å²) in [4.78, 5) is 0. The smallest absolute Gasteiger partial charge is 0.00199 e. The molecule has 0 aliphatic heterocycles. The van der Waals surface area contributed by atoms with Crippen LogP contribution in [0.2, 0.25) is 0 Å². The van der Waals surface area contributed by atoms with E-state index < -0.39 is 0 Å². The van der Waals surface area contributed by atoms with Crippen LogP contribution in [0.1, 0.15) is 26.2 Å².